The Labute approximate surface area is 110 Å². The molecule has 0 aliphatic carbocycles. The van der Waals surface area contributed by atoms with Gasteiger partial charge in [-0.3, -0.25) is 0 Å². The maximum absolute atomic E-state index is 13.8. The third-order valence-electron chi connectivity index (χ3n) is 2.65. The molecule has 0 spiro atoms. The lowest BCUT2D eigenvalue weighted by molar-refractivity contribution is 0.231. The summed E-state index contributed by atoms with van der Waals surface area (Å²) < 4.78 is 19.2. The maximum atomic E-state index is 13.8. The number of nitrogens with one attached hydrogen (secondary N) is 1. The lowest BCUT2D eigenvalue weighted by Gasteiger charge is -2.17. The minimum Gasteiger partial charge on any atom is -0.488 e. The summed E-state index contributed by atoms with van der Waals surface area (Å²) in [5.41, 5.74) is 0.948. The molecule has 18 heavy (non-hydrogen) atoms. The SMILES string of the molecule is CC(C)CN[C@H](C)c1ccc(OC(C)C)c(F)c1. The van der Waals surface area contributed by atoms with Crippen LogP contribution < -0.4 is 10.1 Å². The van der Waals surface area contributed by atoms with Gasteiger partial charge in [0.15, 0.2) is 11.6 Å². The normalized spacial score (nSPS) is 13.1. The lowest BCUT2D eigenvalue weighted by atomic mass is 10.1. The Morgan fingerprint density at radius 3 is 2.33 bits per heavy atom. The van der Waals surface area contributed by atoms with Crippen LogP contribution in [0, 0.1) is 11.7 Å². The van der Waals surface area contributed by atoms with E-state index in [4.69, 9.17) is 4.74 Å². The van der Waals surface area contributed by atoms with Crippen molar-refractivity contribution in [2.75, 3.05) is 6.54 Å². The molecule has 0 unspecified atom stereocenters. The second-order valence-electron chi connectivity index (χ2n) is 5.38. The van der Waals surface area contributed by atoms with Gasteiger partial charge in [-0.05, 0) is 50.9 Å². The summed E-state index contributed by atoms with van der Waals surface area (Å²) in [7, 11) is 0. The fraction of sp³-hybridized carbons (Fsp3) is 0.600. The second-order valence-corrected chi connectivity index (χ2v) is 5.38. The summed E-state index contributed by atoms with van der Waals surface area (Å²) in [4.78, 5) is 0. The van der Waals surface area contributed by atoms with Gasteiger partial charge in [-0.2, -0.15) is 0 Å². The number of halogens is 1. The van der Waals surface area contributed by atoms with E-state index in [-0.39, 0.29) is 18.0 Å². The highest BCUT2D eigenvalue weighted by molar-refractivity contribution is 5.31. The average molecular weight is 253 g/mol. The summed E-state index contributed by atoms with van der Waals surface area (Å²) in [5.74, 6) is 0.616. The lowest BCUT2D eigenvalue weighted by Crippen LogP contribution is -2.23. The quantitative estimate of drug-likeness (QED) is 0.829. The topological polar surface area (TPSA) is 21.3 Å². The fourth-order valence-corrected chi connectivity index (χ4v) is 1.67. The average Bonchev–Trinajstić information content (AvgIpc) is 2.28. The molecule has 1 rings (SSSR count). The predicted molar refractivity (Wildman–Crippen MR) is 73.4 cm³/mol. The number of rotatable bonds is 6. The molecule has 0 bridgehead atoms. The first-order valence-corrected chi connectivity index (χ1v) is 6.59. The second kappa shape index (κ2) is 6.74. The van der Waals surface area contributed by atoms with Crippen LogP contribution >= 0.6 is 0 Å². The summed E-state index contributed by atoms with van der Waals surface area (Å²) in [6.07, 6.45) is -0.0122. The Morgan fingerprint density at radius 2 is 1.83 bits per heavy atom. The van der Waals surface area contributed by atoms with Gasteiger partial charge in [0.2, 0.25) is 0 Å². The summed E-state index contributed by atoms with van der Waals surface area (Å²) in [6, 6.07) is 5.32. The van der Waals surface area contributed by atoms with Crippen molar-refractivity contribution in [2.45, 2.75) is 46.8 Å². The van der Waals surface area contributed by atoms with Crippen LogP contribution in [0.1, 0.15) is 46.2 Å². The zero-order valence-electron chi connectivity index (χ0n) is 12.0. The minimum absolute atomic E-state index is 0.0122. The summed E-state index contributed by atoms with van der Waals surface area (Å²) >= 11 is 0. The van der Waals surface area contributed by atoms with Gasteiger partial charge >= 0.3 is 0 Å². The molecule has 0 aliphatic rings. The highest BCUT2D eigenvalue weighted by Gasteiger charge is 2.11. The maximum Gasteiger partial charge on any atom is 0.165 e. The van der Waals surface area contributed by atoms with E-state index in [1.54, 1.807) is 12.1 Å². The third kappa shape index (κ3) is 4.65. The Bertz CT molecular complexity index is 377. The first-order chi connectivity index (χ1) is 8.40. The molecule has 3 heteroatoms. The number of hydrogen-bond donors (Lipinski definition) is 1. The molecule has 1 aromatic rings. The molecule has 0 saturated carbocycles. The fourth-order valence-electron chi connectivity index (χ4n) is 1.67. The van der Waals surface area contributed by atoms with Crippen molar-refractivity contribution in [2.24, 2.45) is 5.92 Å². The van der Waals surface area contributed by atoms with Crippen LogP contribution in [0.15, 0.2) is 18.2 Å². The van der Waals surface area contributed by atoms with Crippen LogP contribution in [0.3, 0.4) is 0 Å². The minimum atomic E-state index is -0.292. The van der Waals surface area contributed by atoms with Gasteiger partial charge < -0.3 is 10.1 Å². The van der Waals surface area contributed by atoms with E-state index < -0.39 is 0 Å². The zero-order valence-corrected chi connectivity index (χ0v) is 12.0. The van der Waals surface area contributed by atoms with E-state index in [0.717, 1.165) is 12.1 Å². The Balaban J connectivity index is 2.71. The van der Waals surface area contributed by atoms with Gasteiger partial charge in [-0.15, -0.1) is 0 Å². The zero-order chi connectivity index (χ0) is 13.7. The van der Waals surface area contributed by atoms with Gasteiger partial charge in [-0.25, -0.2) is 4.39 Å². The third-order valence-corrected chi connectivity index (χ3v) is 2.65. The number of hydrogen-bond acceptors (Lipinski definition) is 2. The molecule has 0 heterocycles. The van der Waals surface area contributed by atoms with Gasteiger partial charge in [0.1, 0.15) is 0 Å². The van der Waals surface area contributed by atoms with E-state index in [1.165, 1.54) is 0 Å². The number of ether oxygens (including phenoxy) is 1. The predicted octanol–water partition coefficient (Wildman–Crippen LogP) is 3.92. The largest absolute Gasteiger partial charge is 0.488 e. The molecule has 1 N–H and O–H groups in total. The highest BCUT2D eigenvalue weighted by Crippen LogP contribution is 2.23. The monoisotopic (exact) mass is 253 g/mol. The van der Waals surface area contributed by atoms with Gasteiger partial charge in [0, 0.05) is 6.04 Å². The van der Waals surface area contributed by atoms with Crippen LogP contribution in [-0.4, -0.2) is 12.6 Å². The van der Waals surface area contributed by atoms with Crippen LogP contribution in [0.25, 0.3) is 0 Å². The highest BCUT2D eigenvalue weighted by atomic mass is 19.1. The van der Waals surface area contributed by atoms with Gasteiger partial charge in [0.05, 0.1) is 6.10 Å². The van der Waals surface area contributed by atoms with E-state index in [9.17, 15) is 4.39 Å². The Morgan fingerprint density at radius 1 is 1.17 bits per heavy atom. The van der Waals surface area contributed by atoms with Gasteiger partial charge in [0.25, 0.3) is 0 Å². The van der Waals surface area contributed by atoms with Crippen LogP contribution in [0.5, 0.6) is 5.75 Å². The van der Waals surface area contributed by atoms with E-state index in [0.29, 0.717) is 11.7 Å². The molecular weight excluding hydrogens is 229 g/mol. The van der Waals surface area contributed by atoms with Crippen molar-refractivity contribution in [3.8, 4) is 5.75 Å². The van der Waals surface area contributed by atoms with Crippen LogP contribution in [-0.2, 0) is 0 Å². The first-order valence-electron chi connectivity index (χ1n) is 6.59. The van der Waals surface area contributed by atoms with Crippen molar-refractivity contribution >= 4 is 0 Å². The molecule has 0 aliphatic heterocycles. The Kier molecular flexibility index (Phi) is 5.60. The molecule has 0 saturated heterocycles. The molecular formula is C15H24FNO. The molecule has 0 fully saturated rings. The first kappa shape index (κ1) is 15.0. The smallest absolute Gasteiger partial charge is 0.165 e. The van der Waals surface area contributed by atoms with Crippen molar-refractivity contribution in [1.29, 1.82) is 0 Å². The van der Waals surface area contributed by atoms with Crippen molar-refractivity contribution < 1.29 is 9.13 Å². The summed E-state index contributed by atoms with van der Waals surface area (Å²) in [5, 5.41) is 3.38. The van der Waals surface area contributed by atoms with E-state index in [1.807, 2.05) is 26.8 Å². The van der Waals surface area contributed by atoms with Gasteiger partial charge in [-0.1, -0.05) is 19.9 Å². The van der Waals surface area contributed by atoms with E-state index in [2.05, 4.69) is 19.2 Å². The van der Waals surface area contributed by atoms with Crippen molar-refractivity contribution in [3.63, 3.8) is 0 Å². The molecule has 1 atom stereocenters. The Hall–Kier alpha value is -1.09. The van der Waals surface area contributed by atoms with E-state index >= 15 is 0 Å². The molecule has 2 nitrogen and oxygen atoms in total. The molecule has 0 radical (unpaired) electrons. The van der Waals surface area contributed by atoms with Crippen molar-refractivity contribution in [1.82, 2.24) is 5.32 Å². The number of benzene rings is 1. The summed E-state index contributed by atoms with van der Waals surface area (Å²) in [6.45, 7) is 11.0. The van der Waals surface area contributed by atoms with Crippen molar-refractivity contribution in [3.05, 3.63) is 29.6 Å². The molecule has 0 aromatic heterocycles. The van der Waals surface area contributed by atoms with Crippen LogP contribution in [0.4, 0.5) is 4.39 Å². The van der Waals surface area contributed by atoms with Crippen LogP contribution in [0.2, 0.25) is 0 Å². The standard InChI is InChI=1S/C15H24FNO/c1-10(2)9-17-12(5)13-6-7-15(14(16)8-13)18-11(3)4/h6-8,10-12,17H,9H2,1-5H3/t12-/m1/s1. The molecule has 1 aromatic carbocycles. The molecule has 102 valence electrons. The molecule has 0 amide bonds.